The van der Waals surface area contributed by atoms with Crippen molar-refractivity contribution in [2.24, 2.45) is 11.8 Å². The molecule has 5 heteroatoms. The summed E-state index contributed by atoms with van der Waals surface area (Å²) in [5.74, 6) is -0.00922. The van der Waals surface area contributed by atoms with Gasteiger partial charge in [-0.05, 0) is 38.0 Å². The van der Waals surface area contributed by atoms with Crippen LogP contribution in [-0.2, 0) is 14.3 Å². The smallest absolute Gasteiger partial charge is 0.308 e. The molecule has 1 heterocycles. The quantitative estimate of drug-likeness (QED) is 0.582. The van der Waals surface area contributed by atoms with Crippen LogP contribution < -0.4 is 0 Å². The van der Waals surface area contributed by atoms with E-state index in [4.69, 9.17) is 9.47 Å². The molecule has 110 valence electrons. The van der Waals surface area contributed by atoms with Crippen molar-refractivity contribution in [3.8, 4) is 0 Å². The van der Waals surface area contributed by atoms with E-state index in [-0.39, 0.29) is 23.9 Å². The van der Waals surface area contributed by atoms with Gasteiger partial charge in [0, 0.05) is 13.1 Å². The fourth-order valence-electron chi connectivity index (χ4n) is 3.13. The van der Waals surface area contributed by atoms with Gasteiger partial charge in [-0.15, -0.1) is 0 Å². The Bertz CT molecular complexity index is 307. The molecule has 2 rings (SSSR count). The second-order valence-electron chi connectivity index (χ2n) is 5.72. The Morgan fingerprint density at radius 2 is 2.00 bits per heavy atom. The minimum atomic E-state index is -1.29. The molecule has 4 atom stereocenters. The van der Waals surface area contributed by atoms with Crippen molar-refractivity contribution >= 4 is 5.97 Å². The molecule has 1 aliphatic heterocycles. The number of hydrogen-bond acceptors (Lipinski definition) is 4. The number of alkyl halides is 1. The highest BCUT2D eigenvalue weighted by molar-refractivity contribution is 5.72. The molecule has 2 aliphatic rings. The van der Waals surface area contributed by atoms with Crippen LogP contribution in [0.25, 0.3) is 0 Å². The van der Waals surface area contributed by atoms with Crippen molar-refractivity contribution in [1.82, 2.24) is 4.90 Å². The molecule has 1 saturated carbocycles. The van der Waals surface area contributed by atoms with Crippen LogP contribution in [-0.4, -0.2) is 43.7 Å². The number of carbonyl (C=O) groups excluding carboxylic acids is 1. The van der Waals surface area contributed by atoms with E-state index >= 15 is 0 Å². The number of nitrogens with zero attached hydrogens (tertiary/aromatic N) is 1. The average molecular weight is 273 g/mol. The Morgan fingerprint density at radius 1 is 1.32 bits per heavy atom. The lowest BCUT2D eigenvalue weighted by molar-refractivity contribution is -0.188. The van der Waals surface area contributed by atoms with Crippen LogP contribution in [0.4, 0.5) is 4.39 Å². The third-order valence-electron chi connectivity index (χ3n) is 4.34. The van der Waals surface area contributed by atoms with Gasteiger partial charge >= 0.3 is 5.97 Å². The van der Waals surface area contributed by atoms with Crippen LogP contribution in [0.3, 0.4) is 0 Å². The number of rotatable bonds is 4. The van der Waals surface area contributed by atoms with E-state index in [9.17, 15) is 9.18 Å². The molecule has 0 radical (unpaired) electrons. The molecule has 1 saturated heterocycles. The minimum Gasteiger partial charge on any atom is -0.469 e. The van der Waals surface area contributed by atoms with Crippen LogP contribution in [0.2, 0.25) is 0 Å². The van der Waals surface area contributed by atoms with E-state index in [1.54, 1.807) is 4.90 Å². The van der Waals surface area contributed by atoms with Crippen molar-refractivity contribution in [2.45, 2.75) is 51.6 Å². The van der Waals surface area contributed by atoms with Crippen molar-refractivity contribution < 1.29 is 18.7 Å². The zero-order valence-corrected chi connectivity index (χ0v) is 11.8. The molecule has 1 unspecified atom stereocenters. The van der Waals surface area contributed by atoms with Crippen molar-refractivity contribution in [3.63, 3.8) is 0 Å². The number of hydrogen-bond donors (Lipinski definition) is 0. The van der Waals surface area contributed by atoms with Gasteiger partial charge in [-0.3, -0.25) is 9.69 Å². The summed E-state index contributed by atoms with van der Waals surface area (Å²) >= 11 is 0. The zero-order chi connectivity index (χ0) is 13.8. The number of carbonyl (C=O) groups is 1. The molecule has 2 fully saturated rings. The molecule has 0 N–H and O–H groups in total. The van der Waals surface area contributed by atoms with Gasteiger partial charge < -0.3 is 9.47 Å². The SMILES string of the molecule is COC(=O)C1CC[C@H](O[C@@H](F)N2CCCC2)[C@@H](C)C1. The summed E-state index contributed by atoms with van der Waals surface area (Å²) in [5.41, 5.74) is 0. The van der Waals surface area contributed by atoms with Crippen LogP contribution in [0, 0.1) is 11.8 Å². The number of likely N-dealkylation sites (tertiary alicyclic amines) is 1. The lowest BCUT2D eigenvalue weighted by atomic mass is 9.80. The second kappa shape index (κ2) is 6.66. The minimum absolute atomic E-state index is 0.0512. The Hall–Kier alpha value is -0.680. The van der Waals surface area contributed by atoms with Crippen molar-refractivity contribution in [3.05, 3.63) is 0 Å². The highest BCUT2D eigenvalue weighted by atomic mass is 19.1. The molecular weight excluding hydrogens is 249 g/mol. The van der Waals surface area contributed by atoms with E-state index in [0.717, 1.165) is 45.2 Å². The Kier molecular flexibility index (Phi) is 5.16. The third-order valence-corrected chi connectivity index (χ3v) is 4.34. The van der Waals surface area contributed by atoms with Gasteiger partial charge in [0.1, 0.15) is 0 Å². The van der Waals surface area contributed by atoms with Crippen molar-refractivity contribution in [2.75, 3.05) is 20.2 Å². The van der Waals surface area contributed by atoms with E-state index in [0.29, 0.717) is 0 Å². The molecule has 0 aromatic heterocycles. The molecule has 0 aromatic carbocycles. The first kappa shape index (κ1) is 14.7. The predicted octanol–water partition coefficient (Wildman–Crippen LogP) is 2.33. The molecular formula is C14H24FNO3. The second-order valence-corrected chi connectivity index (χ2v) is 5.72. The molecule has 4 nitrogen and oxygen atoms in total. The fraction of sp³-hybridized carbons (Fsp3) is 0.929. The van der Waals surface area contributed by atoms with Gasteiger partial charge in [0.05, 0.1) is 19.1 Å². The summed E-state index contributed by atoms with van der Waals surface area (Å²) in [4.78, 5) is 13.3. The summed E-state index contributed by atoms with van der Waals surface area (Å²) < 4.78 is 24.3. The first-order chi connectivity index (χ1) is 9.11. The van der Waals surface area contributed by atoms with Gasteiger partial charge in [0.25, 0.3) is 6.48 Å². The van der Waals surface area contributed by atoms with Crippen LogP contribution >= 0.6 is 0 Å². The number of esters is 1. The van der Waals surface area contributed by atoms with Gasteiger partial charge in [0.2, 0.25) is 0 Å². The van der Waals surface area contributed by atoms with Crippen LogP contribution in [0.1, 0.15) is 39.0 Å². The highest BCUT2D eigenvalue weighted by Crippen LogP contribution is 2.33. The maximum absolute atomic E-state index is 14.0. The lowest BCUT2D eigenvalue weighted by Gasteiger charge is -2.35. The van der Waals surface area contributed by atoms with Gasteiger partial charge in [-0.25, -0.2) is 0 Å². The van der Waals surface area contributed by atoms with E-state index in [1.807, 2.05) is 6.92 Å². The summed E-state index contributed by atoms with van der Waals surface area (Å²) in [6.45, 7) is 2.31. The largest absolute Gasteiger partial charge is 0.469 e. The summed E-state index contributed by atoms with van der Waals surface area (Å²) in [6.07, 6.45) is 4.20. The maximum Gasteiger partial charge on any atom is 0.308 e. The molecule has 19 heavy (non-hydrogen) atoms. The third kappa shape index (κ3) is 3.66. The first-order valence-corrected chi connectivity index (χ1v) is 7.23. The van der Waals surface area contributed by atoms with Gasteiger partial charge in [-0.1, -0.05) is 6.92 Å². The number of ether oxygens (including phenoxy) is 2. The number of halogens is 1. The normalized spacial score (nSPS) is 34.2. The molecule has 0 bridgehead atoms. The Labute approximate surface area is 114 Å². The Balaban J connectivity index is 1.80. The van der Waals surface area contributed by atoms with Crippen molar-refractivity contribution in [1.29, 1.82) is 0 Å². The monoisotopic (exact) mass is 273 g/mol. The summed E-state index contributed by atoms with van der Waals surface area (Å²) in [6, 6.07) is 0. The molecule has 0 aromatic rings. The van der Waals surface area contributed by atoms with Gasteiger partial charge in [0.15, 0.2) is 0 Å². The average Bonchev–Trinajstić information content (AvgIpc) is 2.94. The van der Waals surface area contributed by atoms with Crippen LogP contribution in [0.15, 0.2) is 0 Å². The summed E-state index contributed by atoms with van der Waals surface area (Å²) in [5, 5.41) is 0. The fourth-order valence-corrected chi connectivity index (χ4v) is 3.13. The topological polar surface area (TPSA) is 38.8 Å². The number of methoxy groups -OCH3 is 1. The molecule has 0 spiro atoms. The predicted molar refractivity (Wildman–Crippen MR) is 69.1 cm³/mol. The molecule has 0 amide bonds. The van der Waals surface area contributed by atoms with E-state index in [1.165, 1.54) is 7.11 Å². The zero-order valence-electron chi connectivity index (χ0n) is 11.8. The standard InChI is InChI=1S/C14H24FNO3/c1-10-9-11(13(17)18-2)5-6-12(10)19-14(15)16-7-3-4-8-16/h10-12,14H,3-9H2,1-2H3/t10-,11?,12-,14-/m0/s1. The Morgan fingerprint density at radius 3 is 2.58 bits per heavy atom. The highest BCUT2D eigenvalue weighted by Gasteiger charge is 2.35. The molecule has 1 aliphatic carbocycles. The first-order valence-electron chi connectivity index (χ1n) is 7.23. The maximum atomic E-state index is 14.0. The van der Waals surface area contributed by atoms with E-state index < -0.39 is 6.48 Å². The van der Waals surface area contributed by atoms with Gasteiger partial charge in [-0.2, -0.15) is 4.39 Å². The summed E-state index contributed by atoms with van der Waals surface area (Å²) in [7, 11) is 1.42. The van der Waals surface area contributed by atoms with E-state index in [2.05, 4.69) is 0 Å². The lowest BCUT2D eigenvalue weighted by Crippen LogP contribution is -2.40. The van der Waals surface area contributed by atoms with Crippen LogP contribution in [0.5, 0.6) is 0 Å².